The summed E-state index contributed by atoms with van der Waals surface area (Å²) in [5, 5.41) is 3.94. The van der Waals surface area contributed by atoms with Gasteiger partial charge in [0.25, 0.3) is 0 Å². The molecule has 22 heavy (non-hydrogen) atoms. The van der Waals surface area contributed by atoms with Crippen molar-refractivity contribution in [2.45, 2.75) is 13.3 Å². The first-order chi connectivity index (χ1) is 10.7. The van der Waals surface area contributed by atoms with E-state index >= 15 is 0 Å². The van der Waals surface area contributed by atoms with Gasteiger partial charge in [-0.2, -0.15) is 0 Å². The van der Waals surface area contributed by atoms with E-state index in [1.165, 1.54) is 12.5 Å². The molecule has 5 nitrogen and oxygen atoms in total. The van der Waals surface area contributed by atoms with Crippen LogP contribution in [0.3, 0.4) is 0 Å². The monoisotopic (exact) mass is 299 g/mol. The fourth-order valence-electron chi connectivity index (χ4n) is 2.14. The van der Waals surface area contributed by atoms with Crippen molar-refractivity contribution in [3.63, 3.8) is 0 Å². The van der Waals surface area contributed by atoms with Gasteiger partial charge in [-0.3, -0.25) is 4.79 Å². The Labute approximate surface area is 129 Å². The molecule has 116 valence electrons. The molecular weight excluding hydrogens is 278 g/mol. The number of nitrogens with one attached hydrogen (secondary N) is 3. The van der Waals surface area contributed by atoms with Gasteiger partial charge in [0.15, 0.2) is 0 Å². The molecule has 5 heteroatoms. The normalized spacial score (nSPS) is 9.91. The van der Waals surface area contributed by atoms with Crippen molar-refractivity contribution >= 4 is 16.8 Å². The van der Waals surface area contributed by atoms with Crippen molar-refractivity contribution in [2.75, 3.05) is 13.7 Å². The Hall–Kier alpha value is -2.69. The predicted molar refractivity (Wildman–Crippen MR) is 88.0 cm³/mol. The third-order valence-corrected chi connectivity index (χ3v) is 3.24. The topological polar surface area (TPSA) is 69.9 Å². The number of hydrogen-bond donors (Lipinski definition) is 3. The van der Waals surface area contributed by atoms with Crippen molar-refractivity contribution in [3.05, 3.63) is 54.5 Å². The molecular formula is C17H21N3O2. The number of aromatic amines is 2. The molecule has 0 aliphatic rings. The molecule has 0 atom stereocenters. The van der Waals surface area contributed by atoms with Gasteiger partial charge in [0, 0.05) is 43.0 Å². The smallest absolute Gasteiger partial charge is 0.216 e. The van der Waals surface area contributed by atoms with Crippen molar-refractivity contribution in [1.29, 1.82) is 0 Å². The van der Waals surface area contributed by atoms with Crippen molar-refractivity contribution in [2.24, 2.45) is 0 Å². The molecule has 0 aliphatic carbocycles. The van der Waals surface area contributed by atoms with E-state index in [0.717, 1.165) is 23.1 Å². The van der Waals surface area contributed by atoms with Gasteiger partial charge in [-0.05, 0) is 42.3 Å². The molecule has 3 rings (SSSR count). The number of H-pyrrole nitrogens is 2. The van der Waals surface area contributed by atoms with E-state index in [2.05, 4.69) is 15.3 Å². The van der Waals surface area contributed by atoms with Gasteiger partial charge in [-0.15, -0.1) is 0 Å². The largest absolute Gasteiger partial charge is 0.497 e. The third-order valence-electron chi connectivity index (χ3n) is 3.24. The van der Waals surface area contributed by atoms with Crippen LogP contribution in [0.4, 0.5) is 0 Å². The molecule has 1 aromatic carbocycles. The zero-order valence-corrected chi connectivity index (χ0v) is 12.8. The van der Waals surface area contributed by atoms with Crippen LogP contribution >= 0.6 is 0 Å². The average molecular weight is 299 g/mol. The molecule has 0 unspecified atom stereocenters. The molecule has 0 radical (unpaired) electrons. The number of aromatic nitrogens is 2. The highest BCUT2D eigenvalue weighted by Gasteiger charge is 2.05. The second-order valence-electron chi connectivity index (χ2n) is 4.84. The Bertz CT molecular complexity index is 685. The minimum absolute atomic E-state index is 0.00224. The number of amides is 1. The van der Waals surface area contributed by atoms with Crippen LogP contribution in [0.5, 0.6) is 5.75 Å². The second kappa shape index (κ2) is 7.93. The highest BCUT2D eigenvalue weighted by Crippen LogP contribution is 2.23. The average Bonchev–Trinajstić information content (AvgIpc) is 3.19. The van der Waals surface area contributed by atoms with Gasteiger partial charge in [-0.25, -0.2) is 0 Å². The van der Waals surface area contributed by atoms with Crippen LogP contribution in [0, 0.1) is 0 Å². The summed E-state index contributed by atoms with van der Waals surface area (Å²) in [5.74, 6) is 0.847. The maximum Gasteiger partial charge on any atom is 0.216 e. The van der Waals surface area contributed by atoms with Crippen LogP contribution in [-0.4, -0.2) is 29.5 Å². The van der Waals surface area contributed by atoms with Gasteiger partial charge >= 0.3 is 0 Å². The van der Waals surface area contributed by atoms with Gasteiger partial charge in [0.2, 0.25) is 5.91 Å². The molecule has 2 heterocycles. The summed E-state index contributed by atoms with van der Waals surface area (Å²) < 4.78 is 5.21. The molecule has 0 saturated carbocycles. The van der Waals surface area contributed by atoms with Gasteiger partial charge in [-0.1, -0.05) is 0 Å². The number of hydrogen-bond acceptors (Lipinski definition) is 2. The van der Waals surface area contributed by atoms with Crippen LogP contribution in [0.2, 0.25) is 0 Å². The zero-order chi connectivity index (χ0) is 15.8. The van der Waals surface area contributed by atoms with Crippen molar-refractivity contribution < 1.29 is 9.53 Å². The summed E-state index contributed by atoms with van der Waals surface area (Å²) in [4.78, 5) is 16.9. The summed E-state index contributed by atoms with van der Waals surface area (Å²) in [6.45, 7) is 2.18. The maximum absolute atomic E-state index is 10.8. The summed E-state index contributed by atoms with van der Waals surface area (Å²) >= 11 is 0. The molecule has 0 bridgehead atoms. The molecule has 0 spiro atoms. The summed E-state index contributed by atoms with van der Waals surface area (Å²) in [6.07, 6.45) is 6.54. The third kappa shape index (κ3) is 4.41. The summed E-state index contributed by atoms with van der Waals surface area (Å²) in [6, 6.07) is 9.82. The highest BCUT2D eigenvalue weighted by molar-refractivity contribution is 5.84. The number of carbonyl (C=O) groups excluding carboxylic acids is 1. The van der Waals surface area contributed by atoms with E-state index in [1.807, 2.05) is 48.9 Å². The molecule has 2 aromatic heterocycles. The highest BCUT2D eigenvalue weighted by atomic mass is 16.5. The van der Waals surface area contributed by atoms with Gasteiger partial charge < -0.3 is 20.0 Å². The number of rotatable bonds is 4. The molecule has 1 amide bonds. The Kier molecular flexibility index (Phi) is 5.65. The lowest BCUT2D eigenvalue weighted by molar-refractivity contribution is -0.118. The summed E-state index contributed by atoms with van der Waals surface area (Å²) in [5.41, 5.74) is 2.27. The second-order valence-corrected chi connectivity index (χ2v) is 4.84. The fraction of sp³-hybridized carbons (Fsp3) is 0.235. The lowest BCUT2D eigenvalue weighted by Crippen LogP contribution is -2.22. The first-order valence-electron chi connectivity index (χ1n) is 7.17. The van der Waals surface area contributed by atoms with Crippen LogP contribution in [-0.2, 0) is 11.2 Å². The van der Waals surface area contributed by atoms with E-state index in [4.69, 9.17) is 4.74 Å². The van der Waals surface area contributed by atoms with E-state index in [0.29, 0.717) is 6.54 Å². The quantitative estimate of drug-likeness (QED) is 0.693. The predicted octanol–water partition coefficient (Wildman–Crippen LogP) is 2.87. The summed E-state index contributed by atoms with van der Waals surface area (Å²) in [7, 11) is 1.66. The van der Waals surface area contributed by atoms with E-state index in [-0.39, 0.29) is 5.91 Å². The minimum Gasteiger partial charge on any atom is -0.497 e. The zero-order valence-electron chi connectivity index (χ0n) is 12.8. The Balaban J connectivity index is 0.000000299. The first kappa shape index (κ1) is 15.7. The van der Waals surface area contributed by atoms with Gasteiger partial charge in [0.05, 0.1) is 7.11 Å². The number of benzene rings is 1. The molecule has 3 N–H and O–H groups in total. The number of methoxy groups -OCH3 is 1. The lowest BCUT2D eigenvalue weighted by Gasteiger charge is -2.03. The Morgan fingerprint density at radius 3 is 2.64 bits per heavy atom. The van der Waals surface area contributed by atoms with Crippen LogP contribution in [0.1, 0.15) is 12.5 Å². The molecule has 0 fully saturated rings. The van der Waals surface area contributed by atoms with E-state index in [9.17, 15) is 4.79 Å². The minimum atomic E-state index is 0.00224. The van der Waals surface area contributed by atoms with Crippen LogP contribution < -0.4 is 10.1 Å². The molecule has 0 aliphatic heterocycles. The number of fused-ring (bicyclic) bond motifs is 1. The Morgan fingerprint density at radius 1 is 1.27 bits per heavy atom. The SMILES string of the molecule is COc1ccc2[nH]cc(CCNC(C)=O)c2c1.c1cc[nH]c1. The fourth-order valence-corrected chi connectivity index (χ4v) is 2.14. The molecule has 3 aromatic rings. The van der Waals surface area contributed by atoms with Gasteiger partial charge in [0.1, 0.15) is 5.75 Å². The number of carbonyl (C=O) groups is 1. The Morgan fingerprint density at radius 2 is 2.05 bits per heavy atom. The maximum atomic E-state index is 10.8. The van der Waals surface area contributed by atoms with Crippen LogP contribution in [0.25, 0.3) is 10.9 Å². The van der Waals surface area contributed by atoms with E-state index in [1.54, 1.807) is 7.11 Å². The van der Waals surface area contributed by atoms with Crippen molar-refractivity contribution in [3.8, 4) is 5.75 Å². The van der Waals surface area contributed by atoms with Crippen LogP contribution in [0.15, 0.2) is 48.9 Å². The number of ether oxygens (including phenoxy) is 1. The molecule has 0 saturated heterocycles. The lowest BCUT2D eigenvalue weighted by atomic mass is 10.1. The first-order valence-corrected chi connectivity index (χ1v) is 7.17. The standard InChI is InChI=1S/C13H16N2O2.C4H5N/c1-9(16)14-6-5-10-8-15-13-4-3-11(17-2)7-12(10)13;1-2-4-5-3-1/h3-4,7-8,15H,5-6H2,1-2H3,(H,14,16);1-5H. The van der Waals surface area contributed by atoms with Crippen molar-refractivity contribution in [1.82, 2.24) is 15.3 Å². The van der Waals surface area contributed by atoms with E-state index < -0.39 is 0 Å².